The fraction of sp³-hybridized carbons (Fsp3) is 0.350. The summed E-state index contributed by atoms with van der Waals surface area (Å²) >= 11 is 0. The Bertz CT molecular complexity index is 612. The molecule has 126 valence electrons. The molecule has 0 aromatic heterocycles. The van der Waals surface area contributed by atoms with Crippen molar-refractivity contribution in [3.05, 3.63) is 71.8 Å². The van der Waals surface area contributed by atoms with Crippen LogP contribution in [0.2, 0.25) is 0 Å². The first kappa shape index (κ1) is 16.7. The predicted molar refractivity (Wildman–Crippen MR) is 95.0 cm³/mol. The molecular formula is C20H24N2O2. The lowest BCUT2D eigenvalue weighted by atomic mass is 9.96. The normalized spacial score (nSPS) is 17.8. The molecule has 1 atom stereocenters. The summed E-state index contributed by atoms with van der Waals surface area (Å²) in [4.78, 5) is 15.7. The predicted octanol–water partition coefficient (Wildman–Crippen LogP) is 2.87. The van der Waals surface area contributed by atoms with Crippen molar-refractivity contribution in [2.24, 2.45) is 0 Å². The maximum absolute atomic E-state index is 11.2. The van der Waals surface area contributed by atoms with Crippen molar-refractivity contribution in [1.29, 1.82) is 0 Å². The van der Waals surface area contributed by atoms with Crippen LogP contribution < -0.4 is 0 Å². The van der Waals surface area contributed by atoms with Crippen molar-refractivity contribution in [1.82, 2.24) is 9.80 Å². The van der Waals surface area contributed by atoms with E-state index in [0.717, 1.165) is 26.2 Å². The van der Waals surface area contributed by atoms with E-state index in [-0.39, 0.29) is 6.04 Å². The third kappa shape index (κ3) is 3.66. The Kier molecular flexibility index (Phi) is 5.28. The molecule has 0 bridgehead atoms. The van der Waals surface area contributed by atoms with Gasteiger partial charge in [0.25, 0.3) is 0 Å². The van der Waals surface area contributed by atoms with Crippen LogP contribution in [0.5, 0.6) is 0 Å². The van der Waals surface area contributed by atoms with E-state index < -0.39 is 12.0 Å². The summed E-state index contributed by atoms with van der Waals surface area (Å²) in [7, 11) is 0. The standard InChI is InChI=1S/C20H24N2O2/c1-16(20(23)24)21-12-14-22(15-13-21)19(17-8-4-2-5-9-17)18-10-6-3-7-11-18/h2-11,16,19H,12-15H2,1H3,(H,23,24)/t16-/m0/s1. The molecule has 24 heavy (non-hydrogen) atoms. The Morgan fingerprint density at radius 1 is 0.833 bits per heavy atom. The van der Waals surface area contributed by atoms with E-state index in [1.54, 1.807) is 6.92 Å². The summed E-state index contributed by atoms with van der Waals surface area (Å²) in [6.45, 7) is 5.06. The van der Waals surface area contributed by atoms with Crippen molar-refractivity contribution in [2.75, 3.05) is 26.2 Å². The largest absolute Gasteiger partial charge is 0.480 e. The monoisotopic (exact) mass is 324 g/mol. The average molecular weight is 324 g/mol. The summed E-state index contributed by atoms with van der Waals surface area (Å²) in [6, 6.07) is 20.9. The van der Waals surface area contributed by atoms with Crippen molar-refractivity contribution >= 4 is 5.97 Å². The van der Waals surface area contributed by atoms with Gasteiger partial charge in [-0.3, -0.25) is 14.6 Å². The Morgan fingerprint density at radius 2 is 1.25 bits per heavy atom. The highest BCUT2D eigenvalue weighted by Gasteiger charge is 2.29. The summed E-state index contributed by atoms with van der Waals surface area (Å²) < 4.78 is 0. The molecule has 0 saturated carbocycles. The van der Waals surface area contributed by atoms with Crippen molar-refractivity contribution in [3.8, 4) is 0 Å². The van der Waals surface area contributed by atoms with E-state index in [2.05, 4.69) is 53.4 Å². The lowest BCUT2D eigenvalue weighted by molar-refractivity contribution is -0.143. The second-order valence-electron chi connectivity index (χ2n) is 6.31. The topological polar surface area (TPSA) is 43.8 Å². The number of nitrogens with zero attached hydrogens (tertiary/aromatic N) is 2. The molecule has 0 aliphatic carbocycles. The number of hydrogen-bond acceptors (Lipinski definition) is 3. The van der Waals surface area contributed by atoms with Gasteiger partial charge in [-0.15, -0.1) is 0 Å². The van der Waals surface area contributed by atoms with Crippen molar-refractivity contribution in [3.63, 3.8) is 0 Å². The van der Waals surface area contributed by atoms with Gasteiger partial charge in [0.05, 0.1) is 6.04 Å². The van der Waals surface area contributed by atoms with Crippen molar-refractivity contribution < 1.29 is 9.90 Å². The third-order valence-electron chi connectivity index (χ3n) is 4.85. The first-order valence-electron chi connectivity index (χ1n) is 8.47. The molecule has 3 rings (SSSR count). The van der Waals surface area contributed by atoms with Crippen LogP contribution in [-0.4, -0.2) is 53.1 Å². The summed E-state index contributed by atoms with van der Waals surface area (Å²) in [5.74, 6) is -0.744. The average Bonchev–Trinajstić information content (AvgIpc) is 2.64. The van der Waals surface area contributed by atoms with E-state index in [4.69, 9.17) is 0 Å². The number of benzene rings is 2. The molecule has 1 aliphatic rings. The molecule has 2 aromatic carbocycles. The number of rotatable bonds is 5. The molecule has 1 heterocycles. The Morgan fingerprint density at radius 3 is 1.67 bits per heavy atom. The molecule has 0 amide bonds. The molecule has 1 fully saturated rings. The summed E-state index contributed by atoms with van der Waals surface area (Å²) in [5.41, 5.74) is 2.56. The van der Waals surface area contributed by atoms with Gasteiger partial charge in [0.1, 0.15) is 6.04 Å². The zero-order valence-corrected chi connectivity index (χ0v) is 14.0. The summed E-state index contributed by atoms with van der Waals surface area (Å²) in [6.07, 6.45) is 0. The first-order valence-corrected chi connectivity index (χ1v) is 8.47. The molecule has 0 radical (unpaired) electrons. The van der Waals surface area contributed by atoms with Crippen LogP contribution in [-0.2, 0) is 4.79 Å². The minimum absolute atomic E-state index is 0.217. The third-order valence-corrected chi connectivity index (χ3v) is 4.85. The van der Waals surface area contributed by atoms with E-state index in [0.29, 0.717) is 0 Å². The Balaban J connectivity index is 1.80. The van der Waals surface area contributed by atoms with Crippen LogP contribution in [0, 0.1) is 0 Å². The number of carbonyl (C=O) groups is 1. The molecule has 1 aliphatic heterocycles. The molecule has 1 N–H and O–H groups in total. The van der Waals surface area contributed by atoms with Gasteiger partial charge in [-0.25, -0.2) is 0 Å². The number of piperazine rings is 1. The number of aliphatic carboxylic acids is 1. The van der Waals surface area contributed by atoms with Crippen LogP contribution >= 0.6 is 0 Å². The highest BCUT2D eigenvalue weighted by molar-refractivity contribution is 5.72. The van der Waals surface area contributed by atoms with Crippen LogP contribution in [0.1, 0.15) is 24.1 Å². The molecule has 4 heteroatoms. The van der Waals surface area contributed by atoms with Crippen LogP contribution in [0.25, 0.3) is 0 Å². The molecule has 1 saturated heterocycles. The minimum Gasteiger partial charge on any atom is -0.480 e. The molecular weight excluding hydrogens is 300 g/mol. The molecule has 4 nitrogen and oxygen atoms in total. The molecule has 0 spiro atoms. The molecule has 0 unspecified atom stereocenters. The lowest BCUT2D eigenvalue weighted by Gasteiger charge is -2.41. The Labute approximate surface area is 143 Å². The summed E-state index contributed by atoms with van der Waals surface area (Å²) in [5, 5.41) is 9.21. The highest BCUT2D eigenvalue weighted by atomic mass is 16.4. The second kappa shape index (κ2) is 7.60. The van der Waals surface area contributed by atoms with Gasteiger partial charge in [-0.2, -0.15) is 0 Å². The van der Waals surface area contributed by atoms with E-state index in [1.807, 2.05) is 17.0 Å². The van der Waals surface area contributed by atoms with E-state index in [9.17, 15) is 9.90 Å². The van der Waals surface area contributed by atoms with Gasteiger partial charge in [-0.05, 0) is 18.1 Å². The van der Waals surface area contributed by atoms with Crippen LogP contribution in [0.3, 0.4) is 0 Å². The Hall–Kier alpha value is -2.17. The van der Waals surface area contributed by atoms with Gasteiger partial charge >= 0.3 is 5.97 Å². The van der Waals surface area contributed by atoms with Gasteiger partial charge in [0.2, 0.25) is 0 Å². The molecule has 2 aromatic rings. The van der Waals surface area contributed by atoms with Gasteiger partial charge in [0.15, 0.2) is 0 Å². The smallest absolute Gasteiger partial charge is 0.320 e. The SMILES string of the molecule is C[C@@H](C(=O)O)N1CCN(C(c2ccccc2)c2ccccc2)CC1. The fourth-order valence-electron chi connectivity index (χ4n) is 3.42. The first-order chi connectivity index (χ1) is 11.7. The number of carboxylic acids is 1. The second-order valence-corrected chi connectivity index (χ2v) is 6.31. The van der Waals surface area contributed by atoms with E-state index >= 15 is 0 Å². The maximum atomic E-state index is 11.2. The van der Waals surface area contributed by atoms with Gasteiger partial charge in [0, 0.05) is 26.2 Å². The van der Waals surface area contributed by atoms with E-state index in [1.165, 1.54) is 11.1 Å². The van der Waals surface area contributed by atoms with Gasteiger partial charge in [-0.1, -0.05) is 60.7 Å². The number of hydrogen-bond donors (Lipinski definition) is 1. The maximum Gasteiger partial charge on any atom is 0.320 e. The fourth-order valence-corrected chi connectivity index (χ4v) is 3.42. The van der Waals surface area contributed by atoms with Crippen LogP contribution in [0.15, 0.2) is 60.7 Å². The minimum atomic E-state index is -0.744. The highest BCUT2D eigenvalue weighted by Crippen LogP contribution is 2.29. The number of carboxylic acid groups (broad SMARTS) is 1. The van der Waals surface area contributed by atoms with Gasteiger partial charge < -0.3 is 5.11 Å². The lowest BCUT2D eigenvalue weighted by Crippen LogP contribution is -2.52. The quantitative estimate of drug-likeness (QED) is 0.918. The zero-order chi connectivity index (χ0) is 16.9. The van der Waals surface area contributed by atoms with Crippen LogP contribution in [0.4, 0.5) is 0 Å². The zero-order valence-electron chi connectivity index (χ0n) is 14.0. The van der Waals surface area contributed by atoms with Crippen molar-refractivity contribution in [2.45, 2.75) is 19.0 Å².